The van der Waals surface area contributed by atoms with Crippen LogP contribution < -0.4 is 5.32 Å². The third-order valence-electron chi connectivity index (χ3n) is 4.34. The van der Waals surface area contributed by atoms with E-state index in [0.717, 1.165) is 33.5 Å². The maximum atomic E-state index is 4.45. The minimum Gasteiger partial charge on any atom is -0.340 e. The summed E-state index contributed by atoms with van der Waals surface area (Å²) in [7, 11) is 0. The quantitative estimate of drug-likeness (QED) is 0.455. The maximum Gasteiger partial charge on any atom is 0.141 e. The Morgan fingerprint density at radius 1 is 0.731 bits per heavy atom. The van der Waals surface area contributed by atoms with Crippen LogP contribution in [0.2, 0.25) is 0 Å². The molecule has 1 N–H and O–H groups in total. The fourth-order valence-electron chi connectivity index (χ4n) is 3.04. The highest BCUT2D eigenvalue weighted by atomic mass is 32.1. The van der Waals surface area contributed by atoms with Gasteiger partial charge in [0.2, 0.25) is 0 Å². The van der Waals surface area contributed by atoms with Gasteiger partial charge >= 0.3 is 0 Å². The van der Waals surface area contributed by atoms with Crippen molar-refractivity contribution in [2.24, 2.45) is 0 Å². The van der Waals surface area contributed by atoms with Crippen LogP contribution in [0.3, 0.4) is 0 Å². The van der Waals surface area contributed by atoms with E-state index in [2.05, 4.69) is 56.7 Å². The van der Waals surface area contributed by atoms with Gasteiger partial charge in [0.05, 0.1) is 21.2 Å². The average molecular weight is 354 g/mol. The number of fused-ring (bicyclic) bond motifs is 2. The number of nitrogens with zero attached hydrogens (tertiary/aromatic N) is 3. The van der Waals surface area contributed by atoms with Gasteiger partial charge in [0.25, 0.3) is 0 Å². The van der Waals surface area contributed by atoms with Gasteiger partial charge in [-0.3, -0.25) is 0 Å². The van der Waals surface area contributed by atoms with Crippen molar-refractivity contribution in [2.75, 3.05) is 5.32 Å². The molecule has 0 unspecified atom stereocenters. The first kappa shape index (κ1) is 15.0. The number of thiazole rings is 1. The Balaban J connectivity index is 1.55. The van der Waals surface area contributed by atoms with E-state index in [4.69, 9.17) is 0 Å². The average Bonchev–Trinajstić information content (AvgIpc) is 3.16. The first-order valence-corrected chi connectivity index (χ1v) is 9.15. The predicted molar refractivity (Wildman–Crippen MR) is 108 cm³/mol. The lowest BCUT2D eigenvalue weighted by molar-refractivity contribution is 1.22. The molecule has 0 saturated carbocycles. The molecule has 5 aromatic rings. The normalized spacial score (nSPS) is 11.1. The Morgan fingerprint density at radius 2 is 1.65 bits per heavy atom. The molecule has 2 aromatic heterocycles. The van der Waals surface area contributed by atoms with Crippen molar-refractivity contribution in [3.8, 4) is 11.1 Å². The molecule has 2 heterocycles. The molecule has 0 saturated heterocycles. The minimum atomic E-state index is 0.796. The molecule has 0 aliphatic heterocycles. The largest absolute Gasteiger partial charge is 0.340 e. The van der Waals surface area contributed by atoms with E-state index in [-0.39, 0.29) is 0 Å². The second-order valence-electron chi connectivity index (χ2n) is 5.98. The van der Waals surface area contributed by atoms with E-state index in [1.165, 1.54) is 10.3 Å². The first-order valence-electron chi connectivity index (χ1n) is 8.27. The number of anilines is 2. The van der Waals surface area contributed by atoms with E-state index in [0.29, 0.717) is 0 Å². The van der Waals surface area contributed by atoms with Gasteiger partial charge < -0.3 is 5.32 Å². The molecule has 124 valence electrons. The Morgan fingerprint density at radius 3 is 2.58 bits per heavy atom. The van der Waals surface area contributed by atoms with Crippen molar-refractivity contribution in [2.45, 2.75) is 0 Å². The standard InChI is InChI=1S/C21H14N4S/c1-2-4-14(5-3-1)15-6-8-17-18(10-15)22-12-23-21(17)25-16-7-9-20-19(11-16)24-13-26-20/h1-13H,(H,22,23,25). The van der Waals surface area contributed by atoms with Crippen LogP contribution in [0.1, 0.15) is 0 Å². The minimum absolute atomic E-state index is 0.796. The molecular formula is C21H14N4S. The van der Waals surface area contributed by atoms with E-state index in [1.54, 1.807) is 17.7 Å². The highest BCUT2D eigenvalue weighted by Crippen LogP contribution is 2.29. The van der Waals surface area contributed by atoms with Crippen LogP contribution >= 0.6 is 11.3 Å². The molecule has 0 aliphatic rings. The number of benzene rings is 3. The summed E-state index contributed by atoms with van der Waals surface area (Å²) >= 11 is 1.64. The van der Waals surface area contributed by atoms with Gasteiger partial charge in [0.1, 0.15) is 12.1 Å². The first-order chi connectivity index (χ1) is 12.9. The van der Waals surface area contributed by atoms with Crippen LogP contribution in [0.25, 0.3) is 32.2 Å². The lowest BCUT2D eigenvalue weighted by Crippen LogP contribution is -1.96. The van der Waals surface area contributed by atoms with Crippen LogP contribution in [0.4, 0.5) is 11.5 Å². The van der Waals surface area contributed by atoms with Gasteiger partial charge in [0.15, 0.2) is 0 Å². The van der Waals surface area contributed by atoms with E-state index in [9.17, 15) is 0 Å². The smallest absolute Gasteiger partial charge is 0.141 e. The summed E-state index contributed by atoms with van der Waals surface area (Å²) in [5.41, 5.74) is 7.06. The van der Waals surface area contributed by atoms with E-state index < -0.39 is 0 Å². The van der Waals surface area contributed by atoms with Crippen molar-refractivity contribution < 1.29 is 0 Å². The molecule has 0 bridgehead atoms. The van der Waals surface area contributed by atoms with Crippen molar-refractivity contribution in [3.05, 3.63) is 78.6 Å². The third-order valence-corrected chi connectivity index (χ3v) is 5.15. The fourth-order valence-corrected chi connectivity index (χ4v) is 3.70. The monoisotopic (exact) mass is 354 g/mol. The van der Waals surface area contributed by atoms with Crippen molar-refractivity contribution in [1.29, 1.82) is 0 Å². The van der Waals surface area contributed by atoms with Crippen LogP contribution in [0.15, 0.2) is 78.6 Å². The van der Waals surface area contributed by atoms with Gasteiger partial charge in [-0.2, -0.15) is 0 Å². The molecule has 26 heavy (non-hydrogen) atoms. The van der Waals surface area contributed by atoms with E-state index >= 15 is 0 Å². The number of nitrogens with one attached hydrogen (secondary N) is 1. The Kier molecular flexibility index (Phi) is 3.57. The van der Waals surface area contributed by atoms with Crippen LogP contribution in [0, 0.1) is 0 Å². The summed E-state index contributed by atoms with van der Waals surface area (Å²) in [5.74, 6) is 0.796. The third kappa shape index (κ3) is 2.68. The SMILES string of the molecule is c1ccc(-c2ccc3c(Nc4ccc5scnc5c4)ncnc3c2)cc1. The summed E-state index contributed by atoms with van der Waals surface area (Å²) in [5, 5.41) is 4.39. The van der Waals surface area contributed by atoms with E-state index in [1.807, 2.05) is 35.8 Å². The van der Waals surface area contributed by atoms with Gasteiger partial charge in [-0.15, -0.1) is 11.3 Å². The summed E-state index contributed by atoms with van der Waals surface area (Å²) in [6.07, 6.45) is 1.60. The summed E-state index contributed by atoms with van der Waals surface area (Å²) in [6, 6.07) is 22.8. The van der Waals surface area contributed by atoms with Gasteiger partial charge in [-0.25, -0.2) is 15.0 Å². The summed E-state index contributed by atoms with van der Waals surface area (Å²) < 4.78 is 1.18. The van der Waals surface area contributed by atoms with Crippen molar-refractivity contribution >= 4 is 44.0 Å². The molecule has 5 heteroatoms. The van der Waals surface area contributed by atoms with Gasteiger partial charge in [0, 0.05) is 11.1 Å². The van der Waals surface area contributed by atoms with Crippen LogP contribution in [-0.4, -0.2) is 15.0 Å². The maximum absolute atomic E-state index is 4.45. The van der Waals surface area contributed by atoms with Crippen LogP contribution in [-0.2, 0) is 0 Å². The topological polar surface area (TPSA) is 50.7 Å². The number of hydrogen-bond acceptors (Lipinski definition) is 5. The number of aromatic nitrogens is 3. The summed E-state index contributed by atoms with van der Waals surface area (Å²) in [6.45, 7) is 0. The Bertz CT molecular complexity index is 1210. The zero-order valence-corrected chi connectivity index (χ0v) is 14.6. The molecule has 3 aromatic carbocycles. The fraction of sp³-hybridized carbons (Fsp3) is 0. The van der Waals surface area contributed by atoms with Crippen molar-refractivity contribution in [3.63, 3.8) is 0 Å². The Hall–Kier alpha value is -3.31. The molecule has 0 atom stereocenters. The molecule has 0 aliphatic carbocycles. The number of rotatable bonds is 3. The molecular weight excluding hydrogens is 340 g/mol. The molecule has 0 radical (unpaired) electrons. The second kappa shape index (κ2) is 6.20. The zero-order valence-electron chi connectivity index (χ0n) is 13.8. The molecule has 0 spiro atoms. The van der Waals surface area contributed by atoms with Gasteiger partial charge in [-0.05, 0) is 41.5 Å². The lowest BCUT2D eigenvalue weighted by Gasteiger charge is -2.09. The van der Waals surface area contributed by atoms with Crippen molar-refractivity contribution in [1.82, 2.24) is 15.0 Å². The highest BCUT2D eigenvalue weighted by Gasteiger charge is 2.07. The van der Waals surface area contributed by atoms with Gasteiger partial charge in [-0.1, -0.05) is 36.4 Å². The second-order valence-corrected chi connectivity index (χ2v) is 6.87. The highest BCUT2D eigenvalue weighted by molar-refractivity contribution is 7.16. The zero-order chi connectivity index (χ0) is 17.3. The Labute approximate surface area is 154 Å². The molecule has 5 rings (SSSR count). The molecule has 0 fully saturated rings. The molecule has 0 amide bonds. The van der Waals surface area contributed by atoms with Crippen LogP contribution in [0.5, 0.6) is 0 Å². The number of hydrogen-bond donors (Lipinski definition) is 1. The summed E-state index contributed by atoms with van der Waals surface area (Å²) in [4.78, 5) is 13.3. The predicted octanol–water partition coefficient (Wildman–Crippen LogP) is 5.65. The molecule has 4 nitrogen and oxygen atoms in total. The lowest BCUT2D eigenvalue weighted by atomic mass is 10.0.